The largest absolute Gasteiger partial charge is 0.494 e. The van der Waals surface area contributed by atoms with Crippen molar-refractivity contribution in [3.8, 4) is 5.75 Å². The first kappa shape index (κ1) is 17.3. The fourth-order valence-electron chi connectivity index (χ4n) is 2.11. The fraction of sp³-hybridized carbons (Fsp3) is 0.533. The van der Waals surface area contributed by atoms with E-state index in [-0.39, 0.29) is 11.9 Å². The molecule has 1 amide bonds. The minimum absolute atomic E-state index is 0.0946. The van der Waals surface area contributed by atoms with Crippen LogP contribution in [0.2, 0.25) is 0 Å². The van der Waals surface area contributed by atoms with E-state index in [9.17, 15) is 4.79 Å². The minimum atomic E-state index is -0.0946. The quantitative estimate of drug-likeness (QED) is 0.712. The molecule has 0 bridgehead atoms. The smallest absolute Gasteiger partial charge is 0.238 e. The summed E-state index contributed by atoms with van der Waals surface area (Å²) in [6.07, 6.45) is 0. The minimum Gasteiger partial charge on any atom is -0.494 e. The topological polar surface area (TPSA) is 76.8 Å². The number of rotatable bonds is 8. The summed E-state index contributed by atoms with van der Waals surface area (Å²) in [5.41, 5.74) is 6.90. The summed E-state index contributed by atoms with van der Waals surface area (Å²) in [7, 11) is 3.20. The van der Waals surface area contributed by atoms with Crippen LogP contribution in [0, 0.1) is 0 Å². The van der Waals surface area contributed by atoms with Gasteiger partial charge in [0.25, 0.3) is 0 Å². The number of anilines is 2. The van der Waals surface area contributed by atoms with Crippen LogP contribution >= 0.6 is 0 Å². The van der Waals surface area contributed by atoms with E-state index in [1.807, 2.05) is 18.7 Å². The summed E-state index contributed by atoms with van der Waals surface area (Å²) in [5.74, 6) is 0.458. The van der Waals surface area contributed by atoms with Crippen molar-refractivity contribution in [3.05, 3.63) is 18.2 Å². The Morgan fingerprint density at radius 2 is 2.14 bits per heavy atom. The van der Waals surface area contributed by atoms with Gasteiger partial charge in [-0.3, -0.25) is 9.69 Å². The lowest BCUT2D eigenvalue weighted by Gasteiger charge is -2.26. The fourth-order valence-corrected chi connectivity index (χ4v) is 2.11. The van der Waals surface area contributed by atoms with Gasteiger partial charge in [-0.25, -0.2) is 0 Å². The third kappa shape index (κ3) is 5.24. The van der Waals surface area contributed by atoms with Crippen LogP contribution in [0.15, 0.2) is 18.2 Å². The summed E-state index contributed by atoms with van der Waals surface area (Å²) in [5, 5.41) is 2.85. The Hall–Kier alpha value is -1.79. The number of nitrogens with zero attached hydrogens (tertiary/aromatic N) is 1. The van der Waals surface area contributed by atoms with Crippen LogP contribution in [0.3, 0.4) is 0 Å². The second-order valence-corrected chi connectivity index (χ2v) is 4.88. The molecule has 0 aliphatic heterocycles. The molecule has 3 N–H and O–H groups in total. The molecular weight excluding hydrogens is 270 g/mol. The molecule has 0 aliphatic rings. The van der Waals surface area contributed by atoms with Gasteiger partial charge < -0.3 is 20.5 Å². The summed E-state index contributed by atoms with van der Waals surface area (Å²) in [4.78, 5) is 14.2. The van der Waals surface area contributed by atoms with Crippen molar-refractivity contribution in [1.82, 2.24) is 4.90 Å². The van der Waals surface area contributed by atoms with E-state index in [1.54, 1.807) is 32.4 Å². The molecule has 21 heavy (non-hydrogen) atoms. The van der Waals surface area contributed by atoms with Crippen molar-refractivity contribution < 1.29 is 14.3 Å². The normalized spacial score (nSPS) is 12.2. The maximum absolute atomic E-state index is 12.2. The molecule has 1 unspecified atom stereocenters. The Balaban J connectivity index is 2.68. The molecule has 1 atom stereocenters. The number of nitrogens with two attached hydrogens (primary N) is 1. The molecule has 1 aromatic carbocycles. The van der Waals surface area contributed by atoms with E-state index >= 15 is 0 Å². The van der Waals surface area contributed by atoms with Crippen LogP contribution in [0.25, 0.3) is 0 Å². The molecule has 0 saturated heterocycles. The molecule has 6 heteroatoms. The van der Waals surface area contributed by atoms with Gasteiger partial charge >= 0.3 is 0 Å². The number of carbonyl (C=O) groups is 1. The monoisotopic (exact) mass is 295 g/mol. The molecule has 0 saturated carbocycles. The van der Waals surface area contributed by atoms with Crippen LogP contribution < -0.4 is 15.8 Å². The van der Waals surface area contributed by atoms with Gasteiger partial charge in [-0.2, -0.15) is 0 Å². The number of nitrogens with one attached hydrogen (secondary N) is 1. The summed E-state index contributed by atoms with van der Waals surface area (Å²) >= 11 is 0. The molecule has 0 aliphatic carbocycles. The molecule has 0 fully saturated rings. The number of likely N-dealkylation sites (N-methyl/N-ethyl adjacent to an activating group) is 1. The number of methoxy groups -OCH3 is 2. The number of benzene rings is 1. The average molecular weight is 295 g/mol. The number of amides is 1. The van der Waals surface area contributed by atoms with E-state index in [4.69, 9.17) is 15.2 Å². The molecule has 6 nitrogen and oxygen atoms in total. The Kier molecular flexibility index (Phi) is 6.98. The van der Waals surface area contributed by atoms with Gasteiger partial charge in [0.05, 0.1) is 25.9 Å². The average Bonchev–Trinajstić information content (AvgIpc) is 2.46. The second kappa shape index (κ2) is 8.49. The van der Waals surface area contributed by atoms with E-state index in [1.165, 1.54) is 0 Å². The van der Waals surface area contributed by atoms with Gasteiger partial charge in [0, 0.05) is 24.9 Å². The molecule has 0 radical (unpaired) electrons. The van der Waals surface area contributed by atoms with Gasteiger partial charge in [0.15, 0.2) is 0 Å². The maximum Gasteiger partial charge on any atom is 0.238 e. The molecule has 1 rings (SSSR count). The van der Waals surface area contributed by atoms with Crippen molar-refractivity contribution in [2.45, 2.75) is 19.9 Å². The Labute approximate surface area is 126 Å². The maximum atomic E-state index is 12.2. The molecule has 0 spiro atoms. The number of nitrogen functional groups attached to an aromatic ring is 1. The van der Waals surface area contributed by atoms with Gasteiger partial charge in [0.1, 0.15) is 5.75 Å². The zero-order valence-corrected chi connectivity index (χ0v) is 13.2. The van der Waals surface area contributed by atoms with Crippen molar-refractivity contribution in [2.75, 3.05) is 45.0 Å². The highest BCUT2D eigenvalue weighted by Crippen LogP contribution is 2.26. The third-order valence-electron chi connectivity index (χ3n) is 3.28. The summed E-state index contributed by atoms with van der Waals surface area (Å²) in [6.45, 7) is 5.71. The number of hydrogen-bond acceptors (Lipinski definition) is 5. The predicted molar refractivity (Wildman–Crippen MR) is 84.6 cm³/mol. The van der Waals surface area contributed by atoms with Crippen molar-refractivity contribution in [2.24, 2.45) is 0 Å². The van der Waals surface area contributed by atoms with Crippen LogP contribution in [-0.4, -0.2) is 50.8 Å². The standard InChI is InChI=1S/C15H25N3O3/c1-5-18(11(2)10-20-3)9-15(19)17-13-7-6-12(16)8-14(13)21-4/h6-8,11H,5,9-10,16H2,1-4H3,(H,17,19). The Morgan fingerprint density at radius 1 is 1.43 bits per heavy atom. The van der Waals surface area contributed by atoms with Crippen molar-refractivity contribution in [1.29, 1.82) is 0 Å². The Bertz CT molecular complexity index is 465. The second-order valence-electron chi connectivity index (χ2n) is 4.88. The van der Waals surface area contributed by atoms with Crippen LogP contribution in [-0.2, 0) is 9.53 Å². The lowest BCUT2D eigenvalue weighted by atomic mass is 10.2. The SMILES string of the molecule is CCN(CC(=O)Nc1ccc(N)cc1OC)C(C)COC. The van der Waals surface area contributed by atoms with E-state index in [0.29, 0.717) is 30.3 Å². The van der Waals surface area contributed by atoms with Gasteiger partial charge in [-0.1, -0.05) is 6.92 Å². The number of ether oxygens (including phenoxy) is 2. The van der Waals surface area contributed by atoms with Crippen LogP contribution in [0.5, 0.6) is 5.75 Å². The van der Waals surface area contributed by atoms with Gasteiger partial charge in [-0.15, -0.1) is 0 Å². The molecule has 1 aromatic rings. The van der Waals surface area contributed by atoms with Crippen LogP contribution in [0.1, 0.15) is 13.8 Å². The summed E-state index contributed by atoms with van der Waals surface area (Å²) < 4.78 is 10.3. The molecule has 118 valence electrons. The first-order chi connectivity index (χ1) is 10.0. The summed E-state index contributed by atoms with van der Waals surface area (Å²) in [6, 6.07) is 5.32. The Morgan fingerprint density at radius 3 is 2.71 bits per heavy atom. The highest BCUT2D eigenvalue weighted by Gasteiger charge is 2.16. The molecular formula is C15H25N3O3. The lowest BCUT2D eigenvalue weighted by molar-refractivity contribution is -0.118. The van der Waals surface area contributed by atoms with Crippen molar-refractivity contribution >= 4 is 17.3 Å². The zero-order chi connectivity index (χ0) is 15.8. The van der Waals surface area contributed by atoms with E-state index < -0.39 is 0 Å². The number of hydrogen-bond donors (Lipinski definition) is 2. The lowest BCUT2D eigenvalue weighted by Crippen LogP contribution is -2.41. The van der Waals surface area contributed by atoms with Crippen molar-refractivity contribution in [3.63, 3.8) is 0 Å². The number of carbonyl (C=O) groups excluding carboxylic acids is 1. The van der Waals surface area contributed by atoms with Crippen LogP contribution in [0.4, 0.5) is 11.4 Å². The van der Waals surface area contributed by atoms with Gasteiger partial charge in [-0.05, 0) is 25.6 Å². The molecule has 0 aromatic heterocycles. The highest BCUT2D eigenvalue weighted by molar-refractivity contribution is 5.94. The van der Waals surface area contributed by atoms with E-state index in [0.717, 1.165) is 6.54 Å². The van der Waals surface area contributed by atoms with E-state index in [2.05, 4.69) is 5.32 Å². The first-order valence-corrected chi connectivity index (χ1v) is 6.98. The third-order valence-corrected chi connectivity index (χ3v) is 3.28. The molecule has 0 heterocycles. The zero-order valence-electron chi connectivity index (χ0n) is 13.2. The highest BCUT2D eigenvalue weighted by atomic mass is 16.5. The first-order valence-electron chi connectivity index (χ1n) is 6.98. The van der Waals surface area contributed by atoms with Gasteiger partial charge in [0.2, 0.25) is 5.91 Å². The predicted octanol–water partition coefficient (Wildman–Crippen LogP) is 1.57.